The molecule has 0 spiro atoms. The van der Waals surface area contributed by atoms with E-state index in [-0.39, 0.29) is 18.3 Å². The van der Waals surface area contributed by atoms with Crippen LogP contribution in [0.25, 0.3) is 0 Å². The molecule has 0 bridgehead atoms. The molecule has 2 rings (SSSR count). The minimum absolute atomic E-state index is 0.0574. The van der Waals surface area contributed by atoms with E-state index in [1.807, 2.05) is 0 Å². The molecule has 1 saturated heterocycles. The third-order valence-corrected chi connectivity index (χ3v) is 3.89. The van der Waals surface area contributed by atoms with E-state index < -0.39 is 11.8 Å². The first-order valence-corrected chi connectivity index (χ1v) is 8.21. The van der Waals surface area contributed by atoms with E-state index in [0.29, 0.717) is 17.0 Å². The second-order valence-electron chi connectivity index (χ2n) is 5.87. The van der Waals surface area contributed by atoms with Crippen LogP contribution >= 0.6 is 15.9 Å². The second-order valence-corrected chi connectivity index (χ2v) is 6.78. The summed E-state index contributed by atoms with van der Waals surface area (Å²) in [4.78, 5) is 14.2. The van der Waals surface area contributed by atoms with Crippen LogP contribution in [-0.2, 0) is 9.47 Å². The van der Waals surface area contributed by atoms with Gasteiger partial charge in [0.1, 0.15) is 18.5 Å². The first-order chi connectivity index (χ1) is 10.5. The van der Waals surface area contributed by atoms with Gasteiger partial charge in [0, 0.05) is 24.1 Å². The van der Waals surface area contributed by atoms with Crippen molar-refractivity contribution in [1.29, 1.82) is 0 Å². The lowest BCUT2D eigenvalue weighted by Gasteiger charge is -2.33. The molecule has 0 amide bonds. The standard InChI is InChI=1S/C16H21BrFNO3/c1-11(2)8-19-5-6-21-13(9-19)10-22-16(20)14-4-3-12(17)7-15(14)18/h3-4,7,11,13H,5-6,8-10H2,1-2H3. The summed E-state index contributed by atoms with van der Waals surface area (Å²) in [7, 11) is 0. The van der Waals surface area contributed by atoms with Gasteiger partial charge >= 0.3 is 5.97 Å². The fraction of sp³-hybridized carbons (Fsp3) is 0.562. The average Bonchev–Trinajstić information content (AvgIpc) is 2.44. The molecule has 0 aliphatic carbocycles. The molecule has 1 aromatic carbocycles. The first-order valence-electron chi connectivity index (χ1n) is 7.42. The monoisotopic (exact) mass is 373 g/mol. The minimum Gasteiger partial charge on any atom is -0.459 e. The van der Waals surface area contributed by atoms with E-state index in [2.05, 4.69) is 34.7 Å². The first kappa shape index (κ1) is 17.4. The Hall–Kier alpha value is -0.980. The van der Waals surface area contributed by atoms with Crippen molar-refractivity contribution in [2.75, 3.05) is 32.8 Å². The maximum Gasteiger partial charge on any atom is 0.341 e. The van der Waals surface area contributed by atoms with Crippen LogP contribution in [0.4, 0.5) is 4.39 Å². The summed E-state index contributed by atoms with van der Waals surface area (Å²) in [6, 6.07) is 4.27. The Balaban J connectivity index is 1.85. The van der Waals surface area contributed by atoms with Crippen molar-refractivity contribution in [3.05, 3.63) is 34.1 Å². The molecule has 4 nitrogen and oxygen atoms in total. The number of rotatable bonds is 5. The van der Waals surface area contributed by atoms with E-state index >= 15 is 0 Å². The Labute approximate surface area is 138 Å². The number of hydrogen-bond acceptors (Lipinski definition) is 4. The molecule has 1 unspecified atom stereocenters. The van der Waals surface area contributed by atoms with Gasteiger partial charge in [-0.15, -0.1) is 0 Å². The SMILES string of the molecule is CC(C)CN1CCOC(COC(=O)c2ccc(Br)cc2F)C1. The highest BCUT2D eigenvalue weighted by Crippen LogP contribution is 2.16. The molecule has 6 heteroatoms. The van der Waals surface area contributed by atoms with E-state index in [0.717, 1.165) is 19.6 Å². The number of halogens is 2. The maximum atomic E-state index is 13.7. The zero-order chi connectivity index (χ0) is 16.1. The Bertz CT molecular complexity index is 524. The predicted octanol–water partition coefficient (Wildman–Crippen LogP) is 3.10. The quantitative estimate of drug-likeness (QED) is 0.743. The third-order valence-electron chi connectivity index (χ3n) is 3.40. The minimum atomic E-state index is -0.658. The Morgan fingerprint density at radius 2 is 2.32 bits per heavy atom. The predicted molar refractivity (Wildman–Crippen MR) is 85.4 cm³/mol. The van der Waals surface area contributed by atoms with Crippen LogP contribution in [0.1, 0.15) is 24.2 Å². The molecule has 0 radical (unpaired) electrons. The fourth-order valence-corrected chi connectivity index (χ4v) is 2.80. The zero-order valence-corrected chi connectivity index (χ0v) is 14.4. The van der Waals surface area contributed by atoms with E-state index in [1.165, 1.54) is 12.1 Å². The van der Waals surface area contributed by atoms with Crippen LogP contribution in [0.5, 0.6) is 0 Å². The van der Waals surface area contributed by atoms with Crippen molar-refractivity contribution in [2.24, 2.45) is 5.92 Å². The van der Waals surface area contributed by atoms with Crippen LogP contribution in [0.2, 0.25) is 0 Å². The van der Waals surface area contributed by atoms with Crippen molar-refractivity contribution in [2.45, 2.75) is 20.0 Å². The summed E-state index contributed by atoms with van der Waals surface area (Å²) in [6.45, 7) is 7.72. The van der Waals surface area contributed by atoms with Gasteiger partial charge in [0.2, 0.25) is 0 Å². The van der Waals surface area contributed by atoms with Gasteiger partial charge in [0.15, 0.2) is 0 Å². The number of benzene rings is 1. The van der Waals surface area contributed by atoms with Gasteiger partial charge in [-0.25, -0.2) is 9.18 Å². The molecule has 22 heavy (non-hydrogen) atoms. The van der Waals surface area contributed by atoms with Crippen LogP contribution in [0.15, 0.2) is 22.7 Å². The van der Waals surface area contributed by atoms with Crippen LogP contribution in [-0.4, -0.2) is 49.8 Å². The molecular formula is C16H21BrFNO3. The van der Waals surface area contributed by atoms with Gasteiger partial charge in [-0.05, 0) is 24.1 Å². The molecule has 1 atom stereocenters. The second kappa shape index (κ2) is 8.04. The summed E-state index contributed by atoms with van der Waals surface area (Å²) < 4.78 is 25.1. The normalized spacial score (nSPS) is 19.4. The van der Waals surface area contributed by atoms with Crippen LogP contribution in [0, 0.1) is 11.7 Å². The molecule has 1 aliphatic rings. The van der Waals surface area contributed by atoms with Crippen molar-refractivity contribution < 1.29 is 18.7 Å². The number of esters is 1. The van der Waals surface area contributed by atoms with Gasteiger partial charge in [-0.3, -0.25) is 4.90 Å². The summed E-state index contributed by atoms with van der Waals surface area (Å²) in [6.07, 6.45) is -0.157. The van der Waals surface area contributed by atoms with Gasteiger partial charge in [0.05, 0.1) is 12.2 Å². The van der Waals surface area contributed by atoms with Crippen molar-refractivity contribution in [3.8, 4) is 0 Å². The fourth-order valence-electron chi connectivity index (χ4n) is 2.46. The highest BCUT2D eigenvalue weighted by Gasteiger charge is 2.23. The van der Waals surface area contributed by atoms with Crippen LogP contribution in [0.3, 0.4) is 0 Å². The molecule has 1 heterocycles. The number of hydrogen-bond donors (Lipinski definition) is 0. The summed E-state index contributed by atoms with van der Waals surface area (Å²) in [5.74, 6) is -0.668. The molecule has 1 fully saturated rings. The molecule has 122 valence electrons. The molecule has 0 N–H and O–H groups in total. The number of carbonyl (C=O) groups excluding carboxylic acids is 1. The van der Waals surface area contributed by atoms with E-state index in [9.17, 15) is 9.18 Å². The van der Waals surface area contributed by atoms with Gasteiger partial charge in [-0.2, -0.15) is 0 Å². The van der Waals surface area contributed by atoms with Gasteiger partial charge in [-0.1, -0.05) is 29.8 Å². The highest BCUT2D eigenvalue weighted by atomic mass is 79.9. The Morgan fingerprint density at radius 3 is 3.00 bits per heavy atom. The lowest BCUT2D eigenvalue weighted by molar-refractivity contribution is -0.0613. The van der Waals surface area contributed by atoms with Crippen molar-refractivity contribution >= 4 is 21.9 Å². The molecule has 1 aromatic rings. The number of carbonyl (C=O) groups is 1. The lowest BCUT2D eigenvalue weighted by Crippen LogP contribution is -2.45. The lowest BCUT2D eigenvalue weighted by atomic mass is 10.2. The number of nitrogens with zero attached hydrogens (tertiary/aromatic N) is 1. The van der Waals surface area contributed by atoms with Crippen molar-refractivity contribution in [3.63, 3.8) is 0 Å². The summed E-state index contributed by atoms with van der Waals surface area (Å²) in [5, 5.41) is 0. The van der Waals surface area contributed by atoms with Gasteiger partial charge < -0.3 is 9.47 Å². The Kier molecular flexibility index (Phi) is 6.35. The maximum absolute atomic E-state index is 13.7. The summed E-state index contributed by atoms with van der Waals surface area (Å²) >= 11 is 3.16. The highest BCUT2D eigenvalue weighted by molar-refractivity contribution is 9.10. The molecular weight excluding hydrogens is 353 g/mol. The van der Waals surface area contributed by atoms with E-state index in [1.54, 1.807) is 6.07 Å². The van der Waals surface area contributed by atoms with E-state index in [4.69, 9.17) is 9.47 Å². The number of morpholine rings is 1. The average molecular weight is 374 g/mol. The largest absolute Gasteiger partial charge is 0.459 e. The molecule has 0 saturated carbocycles. The van der Waals surface area contributed by atoms with Crippen molar-refractivity contribution in [1.82, 2.24) is 4.90 Å². The molecule has 1 aliphatic heterocycles. The van der Waals surface area contributed by atoms with Crippen LogP contribution < -0.4 is 0 Å². The topological polar surface area (TPSA) is 38.8 Å². The Morgan fingerprint density at radius 1 is 1.55 bits per heavy atom. The summed E-state index contributed by atoms with van der Waals surface area (Å²) in [5.41, 5.74) is -0.0574. The smallest absolute Gasteiger partial charge is 0.341 e. The third kappa shape index (κ3) is 5.04. The number of ether oxygens (including phenoxy) is 2. The van der Waals surface area contributed by atoms with Gasteiger partial charge in [0.25, 0.3) is 0 Å². The zero-order valence-electron chi connectivity index (χ0n) is 12.9. The molecule has 0 aromatic heterocycles.